The summed E-state index contributed by atoms with van der Waals surface area (Å²) in [4.78, 5) is 3.52. The van der Waals surface area contributed by atoms with Gasteiger partial charge in [-0.1, -0.05) is 18.2 Å². The highest BCUT2D eigenvalue weighted by atomic mass is 14.9. The first-order valence-corrected chi connectivity index (χ1v) is 6.56. The van der Waals surface area contributed by atoms with Crippen LogP contribution in [0.25, 0.3) is 10.9 Å². The molecule has 1 saturated carbocycles. The third-order valence-corrected chi connectivity index (χ3v) is 3.75. The van der Waals surface area contributed by atoms with Crippen molar-refractivity contribution in [3.8, 4) is 0 Å². The van der Waals surface area contributed by atoms with Crippen molar-refractivity contribution in [1.82, 2.24) is 10.3 Å². The lowest BCUT2D eigenvalue weighted by Crippen LogP contribution is -2.19. The molecule has 2 heteroatoms. The van der Waals surface area contributed by atoms with E-state index < -0.39 is 0 Å². The maximum absolute atomic E-state index is 3.59. The Morgan fingerprint density at radius 3 is 2.88 bits per heavy atom. The minimum Gasteiger partial charge on any atom is -0.358 e. The molecule has 1 fully saturated rings. The van der Waals surface area contributed by atoms with E-state index in [4.69, 9.17) is 0 Å². The molecule has 0 amide bonds. The fraction of sp³-hybridized carbons (Fsp3) is 0.467. The van der Waals surface area contributed by atoms with Crippen LogP contribution in [0, 0.1) is 13.8 Å². The van der Waals surface area contributed by atoms with Gasteiger partial charge in [-0.15, -0.1) is 0 Å². The molecular formula is C15H20N2. The molecule has 1 aliphatic carbocycles. The molecule has 0 atom stereocenters. The molecule has 0 unspecified atom stereocenters. The Balaban J connectivity index is 1.86. The average molecular weight is 228 g/mol. The Morgan fingerprint density at radius 2 is 2.12 bits per heavy atom. The molecule has 0 spiro atoms. The zero-order valence-electron chi connectivity index (χ0n) is 10.6. The number of aromatic nitrogens is 1. The van der Waals surface area contributed by atoms with Gasteiger partial charge in [-0.3, -0.25) is 0 Å². The molecule has 1 aliphatic rings. The van der Waals surface area contributed by atoms with Crippen LogP contribution in [0.5, 0.6) is 0 Å². The van der Waals surface area contributed by atoms with Crippen molar-refractivity contribution < 1.29 is 0 Å². The Labute approximate surface area is 102 Å². The van der Waals surface area contributed by atoms with Crippen LogP contribution in [-0.4, -0.2) is 17.6 Å². The van der Waals surface area contributed by atoms with E-state index in [1.165, 1.54) is 40.6 Å². The molecule has 90 valence electrons. The highest BCUT2D eigenvalue weighted by Crippen LogP contribution is 2.25. The smallest absolute Gasteiger partial charge is 0.0488 e. The number of fused-ring (bicyclic) bond motifs is 1. The third kappa shape index (κ3) is 2.09. The Morgan fingerprint density at radius 1 is 1.29 bits per heavy atom. The van der Waals surface area contributed by atoms with Gasteiger partial charge in [-0.05, 0) is 50.8 Å². The van der Waals surface area contributed by atoms with E-state index in [0.29, 0.717) is 0 Å². The van der Waals surface area contributed by atoms with E-state index in [9.17, 15) is 0 Å². The quantitative estimate of drug-likeness (QED) is 0.827. The average Bonchev–Trinajstić information content (AvgIpc) is 3.06. The van der Waals surface area contributed by atoms with Gasteiger partial charge in [0.25, 0.3) is 0 Å². The molecule has 17 heavy (non-hydrogen) atoms. The summed E-state index contributed by atoms with van der Waals surface area (Å²) in [6.45, 7) is 5.46. The summed E-state index contributed by atoms with van der Waals surface area (Å²) in [6.07, 6.45) is 3.86. The first-order chi connectivity index (χ1) is 8.25. The van der Waals surface area contributed by atoms with Crippen molar-refractivity contribution in [3.63, 3.8) is 0 Å². The first-order valence-electron chi connectivity index (χ1n) is 6.56. The van der Waals surface area contributed by atoms with Gasteiger partial charge in [-0.2, -0.15) is 0 Å². The standard InChI is InChI=1S/C15H20N2/c1-10-4-3-5-14-13(11(2)17-15(10)14)8-9-16-12-6-7-12/h3-5,12,16-17H,6-9H2,1-2H3. The number of H-pyrrole nitrogens is 1. The normalized spacial score (nSPS) is 15.6. The summed E-state index contributed by atoms with van der Waals surface area (Å²) in [5.41, 5.74) is 5.46. The molecule has 2 N–H and O–H groups in total. The van der Waals surface area contributed by atoms with Gasteiger partial charge in [0.05, 0.1) is 0 Å². The number of para-hydroxylation sites is 1. The number of rotatable bonds is 4. The largest absolute Gasteiger partial charge is 0.358 e. The van der Waals surface area contributed by atoms with Gasteiger partial charge in [0.2, 0.25) is 0 Å². The number of aromatic amines is 1. The van der Waals surface area contributed by atoms with E-state index in [0.717, 1.165) is 19.0 Å². The second-order valence-electron chi connectivity index (χ2n) is 5.20. The molecule has 2 nitrogen and oxygen atoms in total. The van der Waals surface area contributed by atoms with E-state index in [-0.39, 0.29) is 0 Å². The lowest BCUT2D eigenvalue weighted by atomic mass is 10.1. The van der Waals surface area contributed by atoms with Crippen LogP contribution >= 0.6 is 0 Å². The predicted octanol–water partition coefficient (Wildman–Crippen LogP) is 3.08. The number of nitrogens with one attached hydrogen (secondary N) is 2. The fourth-order valence-corrected chi connectivity index (χ4v) is 2.56. The molecule has 1 heterocycles. The molecule has 1 aromatic carbocycles. The molecule has 2 aromatic rings. The van der Waals surface area contributed by atoms with Crippen molar-refractivity contribution >= 4 is 10.9 Å². The highest BCUT2D eigenvalue weighted by Gasteiger charge is 2.20. The van der Waals surface area contributed by atoms with E-state index in [2.05, 4.69) is 42.3 Å². The lowest BCUT2D eigenvalue weighted by molar-refractivity contribution is 0.682. The second kappa shape index (κ2) is 4.19. The Kier molecular flexibility index (Phi) is 2.67. The SMILES string of the molecule is Cc1[nH]c2c(C)cccc2c1CCNC1CC1. The zero-order valence-corrected chi connectivity index (χ0v) is 10.6. The van der Waals surface area contributed by atoms with E-state index in [1.54, 1.807) is 0 Å². The monoisotopic (exact) mass is 228 g/mol. The van der Waals surface area contributed by atoms with Crippen LogP contribution in [0.2, 0.25) is 0 Å². The van der Waals surface area contributed by atoms with Crippen molar-refractivity contribution in [3.05, 3.63) is 35.0 Å². The van der Waals surface area contributed by atoms with Crippen molar-refractivity contribution in [2.75, 3.05) is 6.54 Å². The minimum atomic E-state index is 0.808. The summed E-state index contributed by atoms with van der Waals surface area (Å²) in [5, 5.41) is 4.99. The molecule has 0 saturated heterocycles. The predicted molar refractivity (Wildman–Crippen MR) is 72.5 cm³/mol. The Hall–Kier alpha value is -1.28. The van der Waals surface area contributed by atoms with Crippen molar-refractivity contribution in [2.24, 2.45) is 0 Å². The van der Waals surface area contributed by atoms with Crippen LogP contribution in [0.15, 0.2) is 18.2 Å². The van der Waals surface area contributed by atoms with Crippen molar-refractivity contribution in [2.45, 2.75) is 39.2 Å². The summed E-state index contributed by atoms with van der Waals surface area (Å²) >= 11 is 0. The molecule has 1 aromatic heterocycles. The molecule has 0 aliphatic heterocycles. The second-order valence-corrected chi connectivity index (χ2v) is 5.20. The van der Waals surface area contributed by atoms with Crippen LogP contribution < -0.4 is 5.32 Å². The Bertz CT molecular complexity index is 535. The zero-order chi connectivity index (χ0) is 11.8. The van der Waals surface area contributed by atoms with Gasteiger partial charge < -0.3 is 10.3 Å². The number of hydrogen-bond donors (Lipinski definition) is 2. The van der Waals surface area contributed by atoms with Crippen LogP contribution in [0.1, 0.15) is 29.7 Å². The molecular weight excluding hydrogens is 208 g/mol. The van der Waals surface area contributed by atoms with Crippen molar-refractivity contribution in [1.29, 1.82) is 0 Å². The number of benzene rings is 1. The van der Waals surface area contributed by atoms with Crippen LogP contribution in [0.4, 0.5) is 0 Å². The summed E-state index contributed by atoms with van der Waals surface area (Å²) < 4.78 is 0. The van der Waals surface area contributed by atoms with E-state index >= 15 is 0 Å². The number of hydrogen-bond acceptors (Lipinski definition) is 1. The first kappa shape index (κ1) is 10.8. The van der Waals surface area contributed by atoms with E-state index in [1.807, 2.05) is 0 Å². The summed E-state index contributed by atoms with van der Waals surface area (Å²) in [6, 6.07) is 7.37. The molecule has 3 rings (SSSR count). The third-order valence-electron chi connectivity index (χ3n) is 3.75. The van der Waals surface area contributed by atoms with Gasteiger partial charge in [-0.25, -0.2) is 0 Å². The summed E-state index contributed by atoms with van der Waals surface area (Å²) in [7, 11) is 0. The van der Waals surface area contributed by atoms with Crippen LogP contribution in [-0.2, 0) is 6.42 Å². The highest BCUT2D eigenvalue weighted by molar-refractivity contribution is 5.87. The van der Waals surface area contributed by atoms with Gasteiger partial charge in [0.15, 0.2) is 0 Å². The lowest BCUT2D eigenvalue weighted by Gasteiger charge is -2.03. The maximum atomic E-state index is 3.59. The summed E-state index contributed by atoms with van der Waals surface area (Å²) in [5.74, 6) is 0. The van der Waals surface area contributed by atoms with Gasteiger partial charge in [0.1, 0.15) is 0 Å². The van der Waals surface area contributed by atoms with Gasteiger partial charge in [0, 0.05) is 22.6 Å². The maximum Gasteiger partial charge on any atom is 0.0488 e. The van der Waals surface area contributed by atoms with Gasteiger partial charge >= 0.3 is 0 Å². The fourth-order valence-electron chi connectivity index (χ4n) is 2.56. The van der Waals surface area contributed by atoms with Crippen LogP contribution in [0.3, 0.4) is 0 Å². The number of aryl methyl sites for hydroxylation is 2. The topological polar surface area (TPSA) is 27.8 Å². The molecule has 0 radical (unpaired) electrons. The minimum absolute atomic E-state index is 0.808. The molecule has 0 bridgehead atoms.